The van der Waals surface area contributed by atoms with Gasteiger partial charge >= 0.3 is 12.6 Å². The molecule has 1 aromatic rings. The molecule has 0 aliphatic heterocycles. The van der Waals surface area contributed by atoms with Crippen molar-refractivity contribution >= 4 is 5.97 Å². The van der Waals surface area contributed by atoms with Crippen LogP contribution >= 0.6 is 0 Å². The van der Waals surface area contributed by atoms with Crippen LogP contribution in [0.25, 0.3) is 0 Å². The topological polar surface area (TPSA) is 66.8 Å². The van der Waals surface area contributed by atoms with Gasteiger partial charge in [0.1, 0.15) is 11.4 Å². The van der Waals surface area contributed by atoms with Gasteiger partial charge in [-0.15, -0.1) is 0 Å². The van der Waals surface area contributed by atoms with Gasteiger partial charge in [-0.3, -0.25) is 4.79 Å². The highest BCUT2D eigenvalue weighted by Gasteiger charge is 2.37. The van der Waals surface area contributed by atoms with Gasteiger partial charge in [0.15, 0.2) is 0 Å². The second kappa shape index (κ2) is 5.97. The number of aliphatic hydroxyl groups is 1. The quantitative estimate of drug-likeness (QED) is 0.836. The van der Waals surface area contributed by atoms with Gasteiger partial charge in [-0.05, 0) is 31.0 Å². The van der Waals surface area contributed by atoms with Crippen LogP contribution in [0.2, 0.25) is 0 Å². The fraction of sp³-hybridized carbons (Fsp3) is 0.462. The largest absolute Gasteiger partial charge is 0.481 e. The molecule has 0 saturated carbocycles. The predicted molar refractivity (Wildman–Crippen MR) is 64.1 cm³/mol. The smallest absolute Gasteiger partial charge is 0.387 e. The average Bonchev–Trinajstić information content (AvgIpc) is 2.28. The molecule has 0 spiro atoms. The van der Waals surface area contributed by atoms with Crippen LogP contribution in [0.15, 0.2) is 24.3 Å². The number of hydrogen-bond acceptors (Lipinski definition) is 3. The number of carboxylic acids is 1. The molecular weight excluding hydrogens is 258 g/mol. The summed E-state index contributed by atoms with van der Waals surface area (Å²) in [5, 5.41) is 19.4. The first-order valence-corrected chi connectivity index (χ1v) is 5.79. The van der Waals surface area contributed by atoms with E-state index in [1.165, 1.54) is 31.2 Å². The normalized spacial score (nSPS) is 15.9. The first kappa shape index (κ1) is 15.4. The van der Waals surface area contributed by atoms with E-state index in [1.54, 1.807) is 6.92 Å². The highest BCUT2D eigenvalue weighted by Crippen LogP contribution is 2.32. The number of benzene rings is 1. The Morgan fingerprint density at radius 1 is 1.37 bits per heavy atom. The van der Waals surface area contributed by atoms with Crippen LogP contribution in [0.4, 0.5) is 8.78 Å². The van der Waals surface area contributed by atoms with E-state index in [1.807, 2.05) is 0 Å². The Morgan fingerprint density at radius 3 is 2.26 bits per heavy atom. The van der Waals surface area contributed by atoms with E-state index in [0.29, 0.717) is 5.56 Å². The van der Waals surface area contributed by atoms with Crippen molar-refractivity contribution in [2.24, 2.45) is 5.92 Å². The van der Waals surface area contributed by atoms with Gasteiger partial charge in [-0.1, -0.05) is 19.1 Å². The van der Waals surface area contributed by atoms with Gasteiger partial charge in [-0.25, -0.2) is 0 Å². The van der Waals surface area contributed by atoms with Crippen LogP contribution in [-0.2, 0) is 10.4 Å². The summed E-state index contributed by atoms with van der Waals surface area (Å²) in [4.78, 5) is 11.1. The lowest BCUT2D eigenvalue weighted by Gasteiger charge is -2.29. The Labute approximate surface area is 109 Å². The summed E-state index contributed by atoms with van der Waals surface area (Å²) >= 11 is 0. The van der Waals surface area contributed by atoms with Crippen LogP contribution in [0.1, 0.15) is 25.8 Å². The highest BCUT2D eigenvalue weighted by molar-refractivity contribution is 5.71. The first-order chi connectivity index (χ1) is 8.78. The molecule has 0 heterocycles. The zero-order valence-corrected chi connectivity index (χ0v) is 10.6. The summed E-state index contributed by atoms with van der Waals surface area (Å²) in [6.45, 7) is 0.119. The molecule has 2 N–H and O–H groups in total. The first-order valence-electron chi connectivity index (χ1n) is 5.79. The molecule has 0 bridgehead atoms. The summed E-state index contributed by atoms with van der Waals surface area (Å²) in [6, 6.07) is 5.29. The summed E-state index contributed by atoms with van der Waals surface area (Å²) < 4.78 is 28.2. The maximum Gasteiger partial charge on any atom is 0.387 e. The van der Waals surface area contributed by atoms with E-state index < -0.39 is 24.1 Å². The van der Waals surface area contributed by atoms with Crippen LogP contribution < -0.4 is 4.74 Å². The van der Waals surface area contributed by atoms with Crippen molar-refractivity contribution in [3.8, 4) is 5.75 Å². The van der Waals surface area contributed by atoms with Gasteiger partial charge in [0.05, 0.1) is 5.92 Å². The molecule has 1 rings (SSSR count). The van der Waals surface area contributed by atoms with Gasteiger partial charge in [0.2, 0.25) is 0 Å². The Bertz CT molecular complexity index is 429. The maximum atomic E-state index is 12.0. The molecule has 19 heavy (non-hydrogen) atoms. The summed E-state index contributed by atoms with van der Waals surface area (Å²) in [5.74, 6) is -2.13. The maximum absolute atomic E-state index is 12.0. The van der Waals surface area contributed by atoms with Crippen LogP contribution in [0, 0.1) is 5.92 Å². The summed E-state index contributed by atoms with van der Waals surface area (Å²) in [7, 11) is 0. The number of carboxylic acid groups (broad SMARTS) is 1. The number of ether oxygens (including phenoxy) is 1. The molecule has 4 nitrogen and oxygen atoms in total. The highest BCUT2D eigenvalue weighted by atomic mass is 19.3. The predicted octanol–water partition coefficient (Wildman–Crippen LogP) is 2.61. The lowest BCUT2D eigenvalue weighted by molar-refractivity contribution is -0.152. The molecular formula is C13H16F2O4. The number of aliphatic carboxylic acids is 1. The number of rotatable bonds is 6. The van der Waals surface area contributed by atoms with Crippen molar-refractivity contribution in [1.29, 1.82) is 0 Å². The van der Waals surface area contributed by atoms with Gasteiger partial charge in [-0.2, -0.15) is 8.78 Å². The second-order valence-electron chi connectivity index (χ2n) is 4.35. The molecule has 0 radical (unpaired) electrons. The van der Waals surface area contributed by atoms with E-state index in [9.17, 15) is 18.7 Å². The average molecular weight is 274 g/mol. The SMILES string of the molecule is CCC(C(=O)O)C(C)(O)c1ccc(OC(F)F)cc1. The number of halogens is 2. The lowest BCUT2D eigenvalue weighted by Crippen LogP contribution is -2.36. The number of alkyl halides is 2. The van der Waals surface area contributed by atoms with E-state index in [-0.39, 0.29) is 12.2 Å². The van der Waals surface area contributed by atoms with Gasteiger partial charge in [0.25, 0.3) is 0 Å². The monoisotopic (exact) mass is 274 g/mol. The molecule has 2 unspecified atom stereocenters. The van der Waals surface area contributed by atoms with Crippen molar-refractivity contribution in [2.75, 3.05) is 0 Å². The van der Waals surface area contributed by atoms with Crippen LogP contribution in [-0.4, -0.2) is 22.8 Å². The Hall–Kier alpha value is -1.69. The zero-order chi connectivity index (χ0) is 14.6. The molecule has 1 aromatic carbocycles. The van der Waals surface area contributed by atoms with Crippen LogP contribution in [0.5, 0.6) is 5.75 Å². The van der Waals surface area contributed by atoms with Crippen molar-refractivity contribution in [3.63, 3.8) is 0 Å². The standard InChI is InChI=1S/C13H16F2O4/c1-3-10(11(16)17)13(2,18)8-4-6-9(7-5-8)19-12(14)15/h4-7,10,12,18H,3H2,1-2H3,(H,16,17). The number of hydrogen-bond donors (Lipinski definition) is 2. The summed E-state index contributed by atoms with van der Waals surface area (Å²) in [5.41, 5.74) is -1.24. The molecule has 0 aliphatic carbocycles. The minimum absolute atomic E-state index is 0.0436. The zero-order valence-electron chi connectivity index (χ0n) is 10.6. The molecule has 0 amide bonds. The second-order valence-corrected chi connectivity index (χ2v) is 4.35. The molecule has 2 atom stereocenters. The number of carbonyl (C=O) groups is 1. The molecule has 0 saturated heterocycles. The third-order valence-electron chi connectivity index (χ3n) is 3.05. The Kier molecular flexibility index (Phi) is 4.83. The molecule has 6 heteroatoms. The van der Waals surface area contributed by atoms with E-state index in [4.69, 9.17) is 5.11 Å². The van der Waals surface area contributed by atoms with Crippen molar-refractivity contribution in [3.05, 3.63) is 29.8 Å². The van der Waals surface area contributed by atoms with E-state index in [0.717, 1.165) is 0 Å². The minimum Gasteiger partial charge on any atom is -0.481 e. The van der Waals surface area contributed by atoms with Crippen molar-refractivity contribution in [1.82, 2.24) is 0 Å². The Balaban J connectivity index is 2.98. The fourth-order valence-corrected chi connectivity index (χ4v) is 1.99. The van der Waals surface area contributed by atoms with E-state index >= 15 is 0 Å². The van der Waals surface area contributed by atoms with Crippen LogP contribution in [0.3, 0.4) is 0 Å². The molecule has 0 fully saturated rings. The van der Waals surface area contributed by atoms with Gasteiger partial charge in [0, 0.05) is 0 Å². The third-order valence-corrected chi connectivity index (χ3v) is 3.05. The molecule has 0 aromatic heterocycles. The Morgan fingerprint density at radius 2 is 1.89 bits per heavy atom. The van der Waals surface area contributed by atoms with Crippen molar-refractivity contribution < 1.29 is 28.5 Å². The minimum atomic E-state index is -2.92. The lowest BCUT2D eigenvalue weighted by atomic mass is 9.81. The fourth-order valence-electron chi connectivity index (χ4n) is 1.99. The van der Waals surface area contributed by atoms with Gasteiger partial charge < -0.3 is 14.9 Å². The molecule has 0 aliphatic rings. The van der Waals surface area contributed by atoms with E-state index in [2.05, 4.69) is 4.74 Å². The van der Waals surface area contributed by atoms with Crippen molar-refractivity contribution in [2.45, 2.75) is 32.5 Å². The molecule has 106 valence electrons. The summed E-state index contributed by atoms with van der Waals surface area (Å²) in [6.07, 6.45) is 0.248. The third kappa shape index (κ3) is 3.64.